The van der Waals surface area contributed by atoms with Gasteiger partial charge in [-0.3, -0.25) is 0 Å². The molecule has 1 aliphatic heterocycles. The van der Waals surface area contributed by atoms with Gasteiger partial charge in [0.25, 0.3) is 0 Å². The van der Waals surface area contributed by atoms with Crippen molar-refractivity contribution in [3.63, 3.8) is 0 Å². The van der Waals surface area contributed by atoms with E-state index in [1.165, 1.54) is 0 Å². The fourth-order valence-electron chi connectivity index (χ4n) is 2.73. The van der Waals surface area contributed by atoms with E-state index in [1.54, 1.807) is 22.6 Å². The molecule has 2 aromatic rings. The maximum Gasteiger partial charge on any atom is 0.410 e. The highest BCUT2D eigenvalue weighted by atomic mass is 32.1. The molecular weight excluding hydrogens is 336 g/mol. The van der Waals surface area contributed by atoms with Crippen LogP contribution in [0.5, 0.6) is 0 Å². The molecule has 0 aliphatic carbocycles. The summed E-state index contributed by atoms with van der Waals surface area (Å²) in [6, 6.07) is 6.10. The minimum Gasteiger partial charge on any atom is -0.444 e. The number of hydrogen-bond acceptors (Lipinski definition) is 6. The van der Waals surface area contributed by atoms with Crippen LogP contribution in [0.3, 0.4) is 0 Å². The van der Waals surface area contributed by atoms with E-state index < -0.39 is 5.60 Å². The van der Waals surface area contributed by atoms with Gasteiger partial charge >= 0.3 is 6.09 Å². The number of carbonyl (C=O) groups excluding carboxylic acids is 1. The van der Waals surface area contributed by atoms with Crippen molar-refractivity contribution in [3.8, 4) is 10.6 Å². The van der Waals surface area contributed by atoms with Gasteiger partial charge in [-0.1, -0.05) is 6.07 Å². The second-order valence-electron chi connectivity index (χ2n) is 7.05. The molecule has 134 valence electrons. The minimum absolute atomic E-state index is 0.240. The maximum absolute atomic E-state index is 12.3. The Balaban J connectivity index is 1.67. The van der Waals surface area contributed by atoms with Crippen LogP contribution in [-0.2, 0) is 4.74 Å². The molecule has 6 nitrogen and oxygen atoms in total. The Morgan fingerprint density at radius 1 is 1.20 bits per heavy atom. The van der Waals surface area contributed by atoms with Crippen molar-refractivity contribution in [2.75, 3.05) is 31.1 Å². The van der Waals surface area contributed by atoms with Gasteiger partial charge in [0.15, 0.2) is 0 Å². The van der Waals surface area contributed by atoms with Gasteiger partial charge in [-0.15, -0.1) is 11.3 Å². The third kappa shape index (κ3) is 4.69. The van der Waals surface area contributed by atoms with Gasteiger partial charge in [0, 0.05) is 32.2 Å². The van der Waals surface area contributed by atoms with Gasteiger partial charge in [0.2, 0.25) is 0 Å². The largest absolute Gasteiger partial charge is 0.444 e. The Morgan fingerprint density at radius 3 is 2.76 bits per heavy atom. The second kappa shape index (κ2) is 7.39. The molecule has 0 N–H and O–H groups in total. The molecule has 2 aromatic heterocycles. The number of ether oxygens (including phenoxy) is 1. The lowest BCUT2D eigenvalue weighted by atomic mass is 10.2. The lowest BCUT2D eigenvalue weighted by Gasteiger charge is -2.26. The van der Waals surface area contributed by atoms with E-state index in [9.17, 15) is 4.79 Å². The summed E-state index contributed by atoms with van der Waals surface area (Å²) < 4.78 is 5.49. The number of carbonyl (C=O) groups is 1. The summed E-state index contributed by atoms with van der Waals surface area (Å²) in [6.07, 6.45) is 2.26. The summed E-state index contributed by atoms with van der Waals surface area (Å²) in [4.78, 5) is 26.2. The SMILES string of the molecule is CC(C)(C)OC(=O)N1CCCN(c2cc(-c3cccs3)ncn2)CC1. The van der Waals surface area contributed by atoms with Crippen LogP contribution in [0.2, 0.25) is 0 Å². The Kier molecular flexibility index (Phi) is 5.22. The predicted octanol–water partition coefficient (Wildman–Crippen LogP) is 3.65. The number of anilines is 1. The molecule has 1 fully saturated rings. The van der Waals surface area contributed by atoms with Crippen molar-refractivity contribution in [3.05, 3.63) is 29.9 Å². The van der Waals surface area contributed by atoms with Gasteiger partial charge in [-0.05, 0) is 38.6 Å². The average Bonchev–Trinajstić information content (AvgIpc) is 2.97. The second-order valence-corrected chi connectivity index (χ2v) is 7.99. The lowest BCUT2D eigenvalue weighted by molar-refractivity contribution is 0.0263. The number of nitrogens with zero attached hydrogens (tertiary/aromatic N) is 4. The smallest absolute Gasteiger partial charge is 0.410 e. The van der Waals surface area contributed by atoms with E-state index in [1.807, 2.05) is 38.3 Å². The van der Waals surface area contributed by atoms with Crippen LogP contribution in [-0.4, -0.2) is 52.7 Å². The van der Waals surface area contributed by atoms with Crippen molar-refractivity contribution in [2.24, 2.45) is 0 Å². The van der Waals surface area contributed by atoms with Crippen molar-refractivity contribution in [1.29, 1.82) is 0 Å². The quantitative estimate of drug-likeness (QED) is 0.818. The lowest BCUT2D eigenvalue weighted by Crippen LogP contribution is -2.39. The van der Waals surface area contributed by atoms with Gasteiger partial charge in [-0.25, -0.2) is 14.8 Å². The normalized spacial score (nSPS) is 15.8. The monoisotopic (exact) mass is 360 g/mol. The highest BCUT2D eigenvalue weighted by molar-refractivity contribution is 7.13. The zero-order valence-corrected chi connectivity index (χ0v) is 15.8. The van der Waals surface area contributed by atoms with Crippen LogP contribution in [0.1, 0.15) is 27.2 Å². The number of aromatic nitrogens is 2. The molecule has 1 amide bonds. The molecule has 3 heterocycles. The zero-order valence-electron chi connectivity index (χ0n) is 14.9. The Morgan fingerprint density at radius 2 is 2.04 bits per heavy atom. The zero-order chi connectivity index (χ0) is 17.9. The van der Waals surface area contributed by atoms with E-state index >= 15 is 0 Å². The minimum atomic E-state index is -0.467. The Bertz CT molecular complexity index is 712. The third-order valence-corrected chi connectivity index (χ3v) is 4.79. The van der Waals surface area contributed by atoms with Crippen LogP contribution in [0.15, 0.2) is 29.9 Å². The molecule has 0 saturated carbocycles. The summed E-state index contributed by atoms with van der Waals surface area (Å²) in [5, 5.41) is 2.04. The first-order valence-corrected chi connectivity index (χ1v) is 9.39. The summed E-state index contributed by atoms with van der Waals surface area (Å²) in [6.45, 7) is 8.61. The Labute approximate surface area is 152 Å². The number of hydrogen-bond donors (Lipinski definition) is 0. The van der Waals surface area contributed by atoms with Crippen molar-refractivity contribution in [1.82, 2.24) is 14.9 Å². The van der Waals surface area contributed by atoms with Gasteiger partial charge in [0.1, 0.15) is 17.7 Å². The van der Waals surface area contributed by atoms with Crippen LogP contribution >= 0.6 is 11.3 Å². The van der Waals surface area contributed by atoms with Crippen LogP contribution in [0.25, 0.3) is 10.6 Å². The third-order valence-electron chi connectivity index (χ3n) is 3.90. The van der Waals surface area contributed by atoms with Crippen LogP contribution in [0, 0.1) is 0 Å². The van der Waals surface area contributed by atoms with Gasteiger partial charge < -0.3 is 14.5 Å². The fourth-order valence-corrected chi connectivity index (χ4v) is 3.43. The molecule has 25 heavy (non-hydrogen) atoms. The first-order valence-electron chi connectivity index (χ1n) is 8.51. The van der Waals surface area contributed by atoms with Crippen LogP contribution < -0.4 is 4.90 Å². The maximum atomic E-state index is 12.3. The molecule has 0 atom stereocenters. The number of rotatable bonds is 2. The molecule has 0 radical (unpaired) electrons. The molecule has 0 unspecified atom stereocenters. The van der Waals surface area contributed by atoms with E-state index in [0.717, 1.165) is 35.9 Å². The highest BCUT2D eigenvalue weighted by Crippen LogP contribution is 2.25. The summed E-state index contributed by atoms with van der Waals surface area (Å²) in [5.74, 6) is 0.907. The highest BCUT2D eigenvalue weighted by Gasteiger charge is 2.25. The van der Waals surface area contributed by atoms with E-state index in [0.29, 0.717) is 13.1 Å². The Hall–Kier alpha value is -2.15. The molecule has 0 spiro atoms. The first kappa shape index (κ1) is 17.7. The molecular formula is C18H24N4O2S. The standard InChI is InChI=1S/C18H24N4O2S/c1-18(2,3)24-17(23)22-8-5-7-21(9-10-22)16-12-14(19-13-20-16)15-6-4-11-25-15/h4,6,11-13H,5,7-10H2,1-3H3. The van der Waals surface area contributed by atoms with E-state index in [2.05, 4.69) is 20.9 Å². The molecule has 7 heteroatoms. The number of thiophene rings is 1. The average molecular weight is 360 g/mol. The van der Waals surface area contributed by atoms with Crippen molar-refractivity contribution in [2.45, 2.75) is 32.8 Å². The first-order chi connectivity index (χ1) is 11.9. The van der Waals surface area contributed by atoms with Gasteiger partial charge in [0.05, 0.1) is 10.6 Å². The fraction of sp³-hybridized carbons (Fsp3) is 0.500. The summed E-state index contributed by atoms with van der Waals surface area (Å²) in [5.41, 5.74) is 0.471. The number of amides is 1. The van der Waals surface area contributed by atoms with Crippen LogP contribution in [0.4, 0.5) is 10.6 Å². The van der Waals surface area contributed by atoms with E-state index in [4.69, 9.17) is 4.74 Å². The molecule has 0 aromatic carbocycles. The van der Waals surface area contributed by atoms with E-state index in [-0.39, 0.29) is 6.09 Å². The summed E-state index contributed by atoms with van der Waals surface area (Å²) in [7, 11) is 0. The van der Waals surface area contributed by atoms with Crippen molar-refractivity contribution < 1.29 is 9.53 Å². The molecule has 1 saturated heterocycles. The predicted molar refractivity (Wildman–Crippen MR) is 100.0 cm³/mol. The molecule has 3 rings (SSSR count). The van der Waals surface area contributed by atoms with Gasteiger partial charge in [-0.2, -0.15) is 0 Å². The summed E-state index contributed by atoms with van der Waals surface area (Å²) >= 11 is 1.67. The topological polar surface area (TPSA) is 58.6 Å². The molecule has 0 bridgehead atoms. The molecule has 1 aliphatic rings. The van der Waals surface area contributed by atoms with Crippen molar-refractivity contribution >= 4 is 23.2 Å².